The Labute approximate surface area is 163 Å². The van der Waals surface area contributed by atoms with Crippen molar-refractivity contribution in [2.75, 3.05) is 11.9 Å². The number of benzene rings is 1. The number of para-hydroxylation sites is 1. The zero-order chi connectivity index (χ0) is 20.0. The van der Waals surface area contributed by atoms with Crippen molar-refractivity contribution in [3.63, 3.8) is 0 Å². The van der Waals surface area contributed by atoms with Crippen molar-refractivity contribution in [2.24, 2.45) is 0 Å². The van der Waals surface area contributed by atoms with E-state index in [1.54, 1.807) is 13.0 Å². The van der Waals surface area contributed by atoms with Crippen LogP contribution >= 0.6 is 11.8 Å². The van der Waals surface area contributed by atoms with E-state index in [0.29, 0.717) is 11.7 Å². The summed E-state index contributed by atoms with van der Waals surface area (Å²) in [5, 5.41) is 13.9. The van der Waals surface area contributed by atoms with Gasteiger partial charge in [-0.05, 0) is 38.8 Å². The number of rotatable bonds is 8. The van der Waals surface area contributed by atoms with Crippen LogP contribution in [0, 0.1) is 20.8 Å². The average Bonchev–Trinajstić information content (AvgIpc) is 2.96. The minimum Gasteiger partial charge on any atom is -0.346 e. The van der Waals surface area contributed by atoms with Gasteiger partial charge in [0.2, 0.25) is 11.8 Å². The highest BCUT2D eigenvalue weighted by atomic mass is 32.2. The maximum Gasteiger partial charge on any atom is 0.243 e. The molecule has 0 saturated heterocycles. The summed E-state index contributed by atoms with van der Waals surface area (Å²) in [7, 11) is 0. The summed E-state index contributed by atoms with van der Waals surface area (Å²) in [5.74, 6) is 0.268. The smallest absolute Gasteiger partial charge is 0.243 e. The summed E-state index contributed by atoms with van der Waals surface area (Å²) in [6.45, 7) is 11.7. The number of nitrogens with zero attached hydrogens (tertiary/aromatic N) is 3. The molecule has 144 valence electrons. The SMILES string of the molecule is C=CCn1c(C)nnc1SC(C)C(=O)NCC(=O)Nc1c(C)cccc1C. The minimum absolute atomic E-state index is 0.0874. The van der Waals surface area contributed by atoms with Crippen molar-refractivity contribution in [1.29, 1.82) is 0 Å². The lowest BCUT2D eigenvalue weighted by Crippen LogP contribution is -2.37. The molecular formula is C19H25N5O2S. The molecule has 2 rings (SSSR count). The Bertz CT molecular complexity index is 826. The molecule has 1 aromatic carbocycles. The van der Waals surface area contributed by atoms with Gasteiger partial charge in [0, 0.05) is 12.2 Å². The summed E-state index contributed by atoms with van der Waals surface area (Å²) in [6, 6.07) is 5.80. The van der Waals surface area contributed by atoms with E-state index in [1.165, 1.54) is 11.8 Å². The normalized spacial score (nSPS) is 11.7. The second kappa shape index (κ2) is 9.36. The van der Waals surface area contributed by atoms with Crippen molar-refractivity contribution in [3.8, 4) is 0 Å². The number of carbonyl (C=O) groups excluding carboxylic acids is 2. The van der Waals surface area contributed by atoms with Crippen LogP contribution in [0.5, 0.6) is 0 Å². The van der Waals surface area contributed by atoms with E-state index in [-0.39, 0.29) is 18.4 Å². The van der Waals surface area contributed by atoms with Crippen LogP contribution in [0.2, 0.25) is 0 Å². The minimum atomic E-state index is -0.412. The monoisotopic (exact) mass is 387 g/mol. The summed E-state index contributed by atoms with van der Waals surface area (Å²) in [5.41, 5.74) is 2.75. The van der Waals surface area contributed by atoms with Crippen LogP contribution < -0.4 is 10.6 Å². The second-order valence-electron chi connectivity index (χ2n) is 6.22. The largest absolute Gasteiger partial charge is 0.346 e. The van der Waals surface area contributed by atoms with Gasteiger partial charge < -0.3 is 15.2 Å². The van der Waals surface area contributed by atoms with E-state index in [0.717, 1.165) is 22.6 Å². The van der Waals surface area contributed by atoms with E-state index in [9.17, 15) is 9.59 Å². The van der Waals surface area contributed by atoms with Gasteiger partial charge in [-0.15, -0.1) is 16.8 Å². The first-order chi connectivity index (χ1) is 12.8. The zero-order valence-electron chi connectivity index (χ0n) is 16.1. The van der Waals surface area contributed by atoms with Gasteiger partial charge in [-0.1, -0.05) is 36.0 Å². The number of aryl methyl sites for hydroxylation is 3. The first-order valence-electron chi connectivity index (χ1n) is 8.64. The fourth-order valence-electron chi connectivity index (χ4n) is 2.51. The predicted molar refractivity (Wildman–Crippen MR) is 108 cm³/mol. The number of amides is 2. The van der Waals surface area contributed by atoms with Crippen molar-refractivity contribution in [3.05, 3.63) is 47.8 Å². The molecule has 0 aliphatic carbocycles. The van der Waals surface area contributed by atoms with E-state index in [4.69, 9.17) is 0 Å². The van der Waals surface area contributed by atoms with Crippen LogP contribution in [0.3, 0.4) is 0 Å². The molecule has 2 N–H and O–H groups in total. The van der Waals surface area contributed by atoms with Gasteiger partial charge in [0.15, 0.2) is 5.16 Å². The van der Waals surface area contributed by atoms with Gasteiger partial charge >= 0.3 is 0 Å². The van der Waals surface area contributed by atoms with Crippen LogP contribution in [0.15, 0.2) is 36.0 Å². The van der Waals surface area contributed by atoms with Gasteiger partial charge in [-0.25, -0.2) is 0 Å². The van der Waals surface area contributed by atoms with Crippen molar-refractivity contribution >= 4 is 29.3 Å². The molecule has 2 aromatic rings. The van der Waals surface area contributed by atoms with Crippen molar-refractivity contribution < 1.29 is 9.59 Å². The molecule has 1 heterocycles. The van der Waals surface area contributed by atoms with Gasteiger partial charge in [0.05, 0.1) is 11.8 Å². The van der Waals surface area contributed by atoms with Crippen LogP contribution in [0.25, 0.3) is 0 Å². The maximum absolute atomic E-state index is 12.3. The molecule has 2 amide bonds. The molecule has 0 radical (unpaired) electrons. The molecule has 27 heavy (non-hydrogen) atoms. The Kier molecular flexibility index (Phi) is 7.18. The van der Waals surface area contributed by atoms with Gasteiger partial charge in [0.1, 0.15) is 5.82 Å². The van der Waals surface area contributed by atoms with Crippen LogP contribution in [0.1, 0.15) is 23.9 Å². The third kappa shape index (κ3) is 5.43. The Balaban J connectivity index is 1.89. The quantitative estimate of drug-likeness (QED) is 0.537. The molecule has 1 unspecified atom stereocenters. The highest BCUT2D eigenvalue weighted by molar-refractivity contribution is 8.00. The molecule has 8 heteroatoms. The zero-order valence-corrected chi connectivity index (χ0v) is 16.9. The van der Waals surface area contributed by atoms with Crippen LogP contribution in [-0.2, 0) is 16.1 Å². The number of aromatic nitrogens is 3. The summed E-state index contributed by atoms with van der Waals surface area (Å²) >= 11 is 1.30. The lowest BCUT2D eigenvalue weighted by molar-refractivity contribution is -0.123. The molecule has 0 aliphatic rings. The number of thioether (sulfide) groups is 1. The third-order valence-corrected chi connectivity index (χ3v) is 5.11. The van der Waals surface area contributed by atoms with Gasteiger partial charge in [-0.3, -0.25) is 9.59 Å². The standard InChI is InChI=1S/C19H25N5O2S/c1-6-10-24-15(5)22-23-19(24)27-14(4)18(26)20-11-16(25)21-17-12(2)8-7-9-13(17)3/h6-9,14H,1,10-11H2,2-5H3,(H,20,26)(H,21,25). The summed E-state index contributed by atoms with van der Waals surface area (Å²) in [6.07, 6.45) is 1.75. The Morgan fingerprint density at radius 1 is 1.26 bits per heavy atom. The fourth-order valence-corrected chi connectivity index (χ4v) is 3.43. The Morgan fingerprint density at radius 2 is 1.93 bits per heavy atom. The fraction of sp³-hybridized carbons (Fsp3) is 0.368. The van der Waals surface area contributed by atoms with Gasteiger partial charge in [-0.2, -0.15) is 0 Å². The number of anilines is 1. The van der Waals surface area contributed by atoms with E-state index < -0.39 is 5.25 Å². The Hall–Kier alpha value is -2.61. The topological polar surface area (TPSA) is 88.9 Å². The highest BCUT2D eigenvalue weighted by Gasteiger charge is 2.19. The lowest BCUT2D eigenvalue weighted by Gasteiger charge is -2.14. The highest BCUT2D eigenvalue weighted by Crippen LogP contribution is 2.22. The second-order valence-corrected chi connectivity index (χ2v) is 7.53. The molecule has 1 aromatic heterocycles. The van der Waals surface area contributed by atoms with E-state index in [2.05, 4.69) is 27.4 Å². The van der Waals surface area contributed by atoms with E-state index in [1.807, 2.05) is 43.5 Å². The number of allylic oxidation sites excluding steroid dienone is 1. The molecule has 7 nitrogen and oxygen atoms in total. The summed E-state index contributed by atoms with van der Waals surface area (Å²) < 4.78 is 1.88. The number of hydrogen-bond donors (Lipinski definition) is 2. The first kappa shape index (κ1) is 20.7. The Morgan fingerprint density at radius 3 is 2.56 bits per heavy atom. The van der Waals surface area contributed by atoms with Crippen molar-refractivity contribution in [2.45, 2.75) is 44.6 Å². The van der Waals surface area contributed by atoms with Crippen LogP contribution in [0.4, 0.5) is 5.69 Å². The average molecular weight is 388 g/mol. The van der Waals surface area contributed by atoms with Crippen LogP contribution in [-0.4, -0.2) is 38.4 Å². The molecule has 0 saturated carbocycles. The van der Waals surface area contributed by atoms with Gasteiger partial charge in [0.25, 0.3) is 0 Å². The number of carbonyl (C=O) groups is 2. The molecule has 0 fully saturated rings. The number of hydrogen-bond acceptors (Lipinski definition) is 5. The molecule has 0 bridgehead atoms. The first-order valence-corrected chi connectivity index (χ1v) is 9.52. The molecule has 0 spiro atoms. The van der Waals surface area contributed by atoms with E-state index >= 15 is 0 Å². The molecule has 0 aliphatic heterocycles. The van der Waals surface area contributed by atoms with Crippen molar-refractivity contribution in [1.82, 2.24) is 20.1 Å². The molecular weight excluding hydrogens is 362 g/mol. The predicted octanol–water partition coefficient (Wildman–Crippen LogP) is 2.62. The summed E-state index contributed by atoms with van der Waals surface area (Å²) in [4.78, 5) is 24.5. The third-order valence-electron chi connectivity index (χ3n) is 4.03. The number of nitrogens with one attached hydrogen (secondary N) is 2. The maximum atomic E-state index is 12.3. The lowest BCUT2D eigenvalue weighted by atomic mass is 10.1. The molecule has 1 atom stereocenters.